The molecule has 0 bridgehead atoms. The van der Waals surface area contributed by atoms with Gasteiger partial charge in [-0.05, 0) is 47.7 Å². The van der Waals surface area contributed by atoms with E-state index in [2.05, 4.69) is 6.92 Å². The second-order valence-electron chi connectivity index (χ2n) is 4.12. The molecule has 0 radical (unpaired) electrons. The first kappa shape index (κ1) is 11.8. The van der Waals surface area contributed by atoms with Crippen molar-refractivity contribution in [1.29, 1.82) is 0 Å². The predicted molar refractivity (Wildman–Crippen MR) is 65.9 cm³/mol. The van der Waals surface area contributed by atoms with Gasteiger partial charge in [0, 0.05) is 0 Å². The highest BCUT2D eigenvalue weighted by molar-refractivity contribution is 5.65. The largest absolute Gasteiger partial charge is 0.204 e. The normalized spacial score (nSPS) is 10.6. The summed E-state index contributed by atoms with van der Waals surface area (Å²) in [5.74, 6) is -1.61. The van der Waals surface area contributed by atoms with E-state index in [-0.39, 0.29) is 0 Å². The van der Waals surface area contributed by atoms with Gasteiger partial charge in [-0.15, -0.1) is 0 Å². The Bertz CT molecular complexity index is 545. The second-order valence-corrected chi connectivity index (χ2v) is 4.12. The summed E-state index contributed by atoms with van der Waals surface area (Å²) in [5.41, 5.74) is 4.08. The molecule has 2 heteroatoms. The third kappa shape index (κ3) is 2.36. The van der Waals surface area contributed by atoms with E-state index in [4.69, 9.17) is 0 Å². The maximum absolute atomic E-state index is 13.2. The fourth-order valence-corrected chi connectivity index (χ4v) is 1.91. The van der Waals surface area contributed by atoms with Crippen molar-refractivity contribution in [3.05, 3.63) is 59.2 Å². The number of hydrogen-bond acceptors (Lipinski definition) is 0. The Kier molecular flexibility index (Phi) is 3.23. The van der Waals surface area contributed by atoms with Gasteiger partial charge in [0.15, 0.2) is 11.6 Å². The molecule has 0 atom stereocenters. The molecule has 0 N–H and O–H groups in total. The molecule has 88 valence electrons. The lowest BCUT2D eigenvalue weighted by Crippen LogP contribution is -1.89. The van der Waals surface area contributed by atoms with Crippen LogP contribution < -0.4 is 0 Å². The van der Waals surface area contributed by atoms with Gasteiger partial charge < -0.3 is 0 Å². The molecule has 0 saturated carbocycles. The molecule has 17 heavy (non-hydrogen) atoms. The number of aryl methyl sites for hydroxylation is 2. The maximum Gasteiger partial charge on any atom is 0.159 e. The third-order valence-electron chi connectivity index (χ3n) is 2.98. The van der Waals surface area contributed by atoms with E-state index in [1.807, 2.05) is 25.1 Å². The first-order valence-electron chi connectivity index (χ1n) is 5.66. The molecule has 0 spiro atoms. The summed E-state index contributed by atoms with van der Waals surface area (Å²) >= 11 is 0. The zero-order valence-electron chi connectivity index (χ0n) is 9.93. The van der Waals surface area contributed by atoms with E-state index < -0.39 is 11.6 Å². The van der Waals surface area contributed by atoms with Crippen LogP contribution in [0.4, 0.5) is 8.78 Å². The summed E-state index contributed by atoms with van der Waals surface area (Å²) in [6.07, 6.45) is 0.934. The van der Waals surface area contributed by atoms with Crippen LogP contribution >= 0.6 is 0 Å². The van der Waals surface area contributed by atoms with Gasteiger partial charge in [0.25, 0.3) is 0 Å². The van der Waals surface area contributed by atoms with Crippen molar-refractivity contribution in [2.45, 2.75) is 20.3 Å². The molecule has 0 saturated heterocycles. The van der Waals surface area contributed by atoms with Crippen molar-refractivity contribution in [2.75, 3.05) is 0 Å². The smallest absolute Gasteiger partial charge is 0.159 e. The minimum Gasteiger partial charge on any atom is -0.204 e. The molecule has 0 amide bonds. The Balaban J connectivity index is 2.49. The van der Waals surface area contributed by atoms with Crippen LogP contribution in [0.3, 0.4) is 0 Å². The van der Waals surface area contributed by atoms with Crippen molar-refractivity contribution in [1.82, 2.24) is 0 Å². The zero-order valence-corrected chi connectivity index (χ0v) is 9.93. The standard InChI is InChI=1S/C15H14F2/c1-3-11-8-12(5-4-10(11)2)13-6-7-14(16)15(17)9-13/h4-9H,3H2,1-2H3. The molecule has 0 unspecified atom stereocenters. The Labute approximate surface area is 99.9 Å². The molecule has 0 heterocycles. The van der Waals surface area contributed by atoms with Gasteiger partial charge in [0.1, 0.15) is 0 Å². The Morgan fingerprint density at radius 2 is 1.53 bits per heavy atom. The van der Waals surface area contributed by atoms with Gasteiger partial charge in [0.2, 0.25) is 0 Å². The van der Waals surface area contributed by atoms with Gasteiger partial charge in [-0.3, -0.25) is 0 Å². The molecular weight excluding hydrogens is 218 g/mol. The number of halogens is 2. The summed E-state index contributed by atoms with van der Waals surface area (Å²) in [6.45, 7) is 4.13. The summed E-state index contributed by atoms with van der Waals surface area (Å²) < 4.78 is 26.0. The van der Waals surface area contributed by atoms with E-state index >= 15 is 0 Å². The van der Waals surface area contributed by atoms with E-state index in [0.717, 1.165) is 18.1 Å². The van der Waals surface area contributed by atoms with Gasteiger partial charge in [0.05, 0.1) is 0 Å². The van der Waals surface area contributed by atoms with Crippen LogP contribution in [0, 0.1) is 18.6 Å². The average molecular weight is 232 g/mol. The second kappa shape index (κ2) is 4.66. The first-order chi connectivity index (χ1) is 8.11. The number of benzene rings is 2. The lowest BCUT2D eigenvalue weighted by molar-refractivity contribution is 0.509. The maximum atomic E-state index is 13.2. The van der Waals surface area contributed by atoms with Crippen molar-refractivity contribution in [2.24, 2.45) is 0 Å². The molecule has 2 rings (SSSR count). The highest BCUT2D eigenvalue weighted by Crippen LogP contribution is 2.24. The Morgan fingerprint density at radius 3 is 2.18 bits per heavy atom. The van der Waals surface area contributed by atoms with E-state index in [0.29, 0.717) is 5.56 Å². The number of hydrogen-bond donors (Lipinski definition) is 0. The molecule has 0 aliphatic rings. The van der Waals surface area contributed by atoms with Crippen LogP contribution in [-0.4, -0.2) is 0 Å². The monoisotopic (exact) mass is 232 g/mol. The van der Waals surface area contributed by atoms with Crippen molar-refractivity contribution in [3.8, 4) is 11.1 Å². The zero-order chi connectivity index (χ0) is 12.4. The molecular formula is C15H14F2. The molecule has 0 aliphatic carbocycles. The summed E-state index contributed by atoms with van der Waals surface area (Å²) in [4.78, 5) is 0. The van der Waals surface area contributed by atoms with Crippen molar-refractivity contribution >= 4 is 0 Å². The Hall–Kier alpha value is -1.70. The highest BCUT2D eigenvalue weighted by Gasteiger charge is 2.05. The number of rotatable bonds is 2. The third-order valence-corrected chi connectivity index (χ3v) is 2.98. The molecule has 0 nitrogen and oxygen atoms in total. The highest BCUT2D eigenvalue weighted by atomic mass is 19.2. The van der Waals surface area contributed by atoms with Crippen LogP contribution in [0.5, 0.6) is 0 Å². The minimum absolute atomic E-state index is 0.707. The van der Waals surface area contributed by atoms with Crippen LogP contribution in [0.2, 0.25) is 0 Å². The van der Waals surface area contributed by atoms with Gasteiger partial charge in [-0.2, -0.15) is 0 Å². The molecule has 2 aromatic rings. The molecule has 0 aromatic heterocycles. The minimum atomic E-state index is -0.809. The van der Waals surface area contributed by atoms with E-state index in [1.165, 1.54) is 17.2 Å². The lowest BCUT2D eigenvalue weighted by atomic mass is 9.98. The van der Waals surface area contributed by atoms with Crippen LogP contribution in [-0.2, 0) is 6.42 Å². The predicted octanol–water partition coefficient (Wildman–Crippen LogP) is 4.50. The van der Waals surface area contributed by atoms with Gasteiger partial charge in [-0.1, -0.05) is 31.2 Å². The summed E-state index contributed by atoms with van der Waals surface area (Å²) in [6, 6.07) is 9.97. The first-order valence-corrected chi connectivity index (χ1v) is 5.66. The van der Waals surface area contributed by atoms with Gasteiger partial charge in [-0.25, -0.2) is 8.78 Å². The molecule has 2 aromatic carbocycles. The van der Waals surface area contributed by atoms with Crippen LogP contribution in [0.1, 0.15) is 18.1 Å². The van der Waals surface area contributed by atoms with E-state index in [9.17, 15) is 8.78 Å². The van der Waals surface area contributed by atoms with Crippen LogP contribution in [0.25, 0.3) is 11.1 Å². The SMILES string of the molecule is CCc1cc(-c2ccc(F)c(F)c2)ccc1C. The lowest BCUT2D eigenvalue weighted by Gasteiger charge is -2.07. The quantitative estimate of drug-likeness (QED) is 0.715. The Morgan fingerprint density at radius 1 is 0.882 bits per heavy atom. The van der Waals surface area contributed by atoms with Crippen LogP contribution in [0.15, 0.2) is 36.4 Å². The molecule has 0 fully saturated rings. The van der Waals surface area contributed by atoms with E-state index in [1.54, 1.807) is 6.07 Å². The topological polar surface area (TPSA) is 0 Å². The summed E-state index contributed by atoms with van der Waals surface area (Å²) in [7, 11) is 0. The fourth-order valence-electron chi connectivity index (χ4n) is 1.91. The molecule has 0 aliphatic heterocycles. The average Bonchev–Trinajstić information content (AvgIpc) is 2.33. The van der Waals surface area contributed by atoms with Crippen molar-refractivity contribution < 1.29 is 8.78 Å². The fraction of sp³-hybridized carbons (Fsp3) is 0.200. The van der Waals surface area contributed by atoms with Crippen molar-refractivity contribution in [3.63, 3.8) is 0 Å². The summed E-state index contributed by atoms with van der Waals surface area (Å²) in [5, 5.41) is 0. The van der Waals surface area contributed by atoms with Gasteiger partial charge >= 0.3 is 0 Å².